The van der Waals surface area contributed by atoms with Crippen LogP contribution in [-0.2, 0) is 23.4 Å². The first kappa shape index (κ1) is 16.3. The molecule has 1 saturated heterocycles. The first-order valence-electron chi connectivity index (χ1n) is 8.29. The average Bonchev–Trinajstić information content (AvgIpc) is 3.27. The van der Waals surface area contributed by atoms with Gasteiger partial charge in [-0.05, 0) is 25.1 Å². The molecule has 1 aliphatic heterocycles. The molecule has 3 heterocycles. The molecule has 0 spiro atoms. The minimum absolute atomic E-state index is 0.155. The van der Waals surface area contributed by atoms with E-state index >= 15 is 0 Å². The Morgan fingerprint density at radius 2 is 2.12 bits per heavy atom. The van der Waals surface area contributed by atoms with Crippen LogP contribution in [0.4, 0.5) is 0 Å². The number of hydrogen-bond acceptors (Lipinski definition) is 5. The number of aromatic nitrogens is 4. The zero-order valence-electron chi connectivity index (χ0n) is 14.3. The second-order valence-corrected chi connectivity index (χ2v) is 8.70. The van der Waals surface area contributed by atoms with Gasteiger partial charge in [0, 0.05) is 25.8 Å². The lowest BCUT2D eigenvalue weighted by Gasteiger charge is -2.15. The fraction of sp³-hybridized carbons (Fsp3) is 0.412. The number of nitrogens with zero attached hydrogens (tertiary/aromatic N) is 4. The first-order valence-corrected chi connectivity index (χ1v) is 10.2. The molecule has 0 saturated carbocycles. The van der Waals surface area contributed by atoms with Crippen molar-refractivity contribution in [2.24, 2.45) is 7.05 Å². The van der Waals surface area contributed by atoms with Crippen LogP contribution in [0.15, 0.2) is 35.4 Å². The largest absolute Gasteiger partial charge is 0.330 e. The second kappa shape index (κ2) is 5.96. The lowest BCUT2D eigenvalue weighted by atomic mass is 10.1. The summed E-state index contributed by atoms with van der Waals surface area (Å²) in [6.07, 6.45) is 3.56. The Labute approximate surface area is 146 Å². The number of aryl methyl sites for hydroxylation is 1. The number of sulfone groups is 1. The fourth-order valence-corrected chi connectivity index (χ4v) is 4.48. The van der Waals surface area contributed by atoms with Crippen molar-refractivity contribution in [1.29, 1.82) is 0 Å². The Hall–Kier alpha value is -2.19. The van der Waals surface area contributed by atoms with E-state index in [1.54, 1.807) is 0 Å². The first-order chi connectivity index (χ1) is 11.9. The van der Waals surface area contributed by atoms with Gasteiger partial charge in [0.15, 0.2) is 9.84 Å². The fourth-order valence-electron chi connectivity index (χ4n) is 3.62. The summed E-state index contributed by atoms with van der Waals surface area (Å²) in [7, 11) is -1.22. The monoisotopic (exact) mass is 359 g/mol. The van der Waals surface area contributed by atoms with E-state index in [0.29, 0.717) is 4.90 Å². The van der Waals surface area contributed by atoms with Crippen LogP contribution < -0.4 is 0 Å². The van der Waals surface area contributed by atoms with Gasteiger partial charge in [-0.2, -0.15) is 5.10 Å². The highest BCUT2D eigenvalue weighted by Crippen LogP contribution is 2.31. The molecule has 0 aliphatic carbocycles. The van der Waals surface area contributed by atoms with Crippen molar-refractivity contribution in [2.45, 2.75) is 23.8 Å². The van der Waals surface area contributed by atoms with E-state index in [4.69, 9.17) is 4.98 Å². The van der Waals surface area contributed by atoms with Gasteiger partial charge < -0.3 is 4.57 Å². The summed E-state index contributed by atoms with van der Waals surface area (Å²) in [5, 5.41) is 6.84. The highest BCUT2D eigenvalue weighted by atomic mass is 32.2. The molecular formula is C17H21N5O2S. The van der Waals surface area contributed by atoms with E-state index in [9.17, 15) is 8.42 Å². The van der Waals surface area contributed by atoms with Crippen molar-refractivity contribution in [1.82, 2.24) is 24.6 Å². The Kier molecular flexibility index (Phi) is 3.88. The minimum atomic E-state index is -3.26. The van der Waals surface area contributed by atoms with E-state index in [1.807, 2.05) is 25.2 Å². The number of fused-ring (bicyclic) bond motifs is 1. The number of benzene rings is 1. The standard InChI is InChI=1S/C17H21N5O2S/c1-21-14-6-4-3-5-13(14)19-16(21)11-22-8-7-12(10-22)17-15(9-18-20-17)25(2,23)24/h3-6,9,12H,7-8,10-11H2,1-2H3,(H,18,20). The number of rotatable bonds is 4. The van der Waals surface area contributed by atoms with Crippen LogP contribution >= 0.6 is 0 Å². The summed E-state index contributed by atoms with van der Waals surface area (Å²) in [6, 6.07) is 8.11. The molecule has 1 atom stereocenters. The molecule has 1 N–H and O–H groups in total. The number of aromatic amines is 1. The zero-order valence-corrected chi connectivity index (χ0v) is 15.1. The Bertz CT molecular complexity index is 1020. The predicted molar refractivity (Wildman–Crippen MR) is 95.0 cm³/mol. The van der Waals surface area contributed by atoms with Crippen molar-refractivity contribution in [3.8, 4) is 0 Å². The number of H-pyrrole nitrogens is 1. The summed E-state index contributed by atoms with van der Waals surface area (Å²) < 4.78 is 25.9. The molecule has 4 rings (SSSR count). The number of likely N-dealkylation sites (tertiary alicyclic amines) is 1. The highest BCUT2D eigenvalue weighted by molar-refractivity contribution is 7.90. The smallest absolute Gasteiger partial charge is 0.178 e. The van der Waals surface area contributed by atoms with Gasteiger partial charge >= 0.3 is 0 Å². The van der Waals surface area contributed by atoms with Gasteiger partial charge in [-0.3, -0.25) is 10.00 Å². The Balaban J connectivity index is 1.53. The maximum Gasteiger partial charge on any atom is 0.178 e. The van der Waals surface area contributed by atoms with Crippen LogP contribution in [0.2, 0.25) is 0 Å². The normalized spacial score (nSPS) is 19.0. The Morgan fingerprint density at radius 1 is 1.32 bits per heavy atom. The number of hydrogen-bond donors (Lipinski definition) is 1. The number of para-hydroxylation sites is 2. The summed E-state index contributed by atoms with van der Waals surface area (Å²) in [5.41, 5.74) is 2.86. The van der Waals surface area contributed by atoms with Crippen molar-refractivity contribution in [3.05, 3.63) is 42.0 Å². The third-order valence-electron chi connectivity index (χ3n) is 4.96. The van der Waals surface area contributed by atoms with E-state index < -0.39 is 9.84 Å². The summed E-state index contributed by atoms with van der Waals surface area (Å²) in [5.74, 6) is 1.18. The molecule has 25 heavy (non-hydrogen) atoms. The van der Waals surface area contributed by atoms with Crippen LogP contribution in [0.25, 0.3) is 11.0 Å². The van der Waals surface area contributed by atoms with Gasteiger partial charge in [0.05, 0.1) is 29.5 Å². The Morgan fingerprint density at radius 3 is 2.88 bits per heavy atom. The van der Waals surface area contributed by atoms with E-state index in [0.717, 1.165) is 48.6 Å². The summed E-state index contributed by atoms with van der Waals surface area (Å²) in [6.45, 7) is 2.47. The average molecular weight is 359 g/mol. The molecule has 0 amide bonds. The maximum absolute atomic E-state index is 11.9. The summed E-state index contributed by atoms with van der Waals surface area (Å²) in [4.78, 5) is 7.37. The van der Waals surface area contributed by atoms with Crippen molar-refractivity contribution in [3.63, 3.8) is 0 Å². The van der Waals surface area contributed by atoms with Crippen LogP contribution in [-0.4, -0.2) is 52.4 Å². The zero-order chi connectivity index (χ0) is 17.6. The molecule has 8 heteroatoms. The lowest BCUT2D eigenvalue weighted by Crippen LogP contribution is -2.22. The second-order valence-electron chi connectivity index (χ2n) is 6.72. The van der Waals surface area contributed by atoms with E-state index in [-0.39, 0.29) is 5.92 Å². The van der Waals surface area contributed by atoms with Crippen LogP contribution in [0, 0.1) is 0 Å². The van der Waals surface area contributed by atoms with Crippen molar-refractivity contribution in [2.75, 3.05) is 19.3 Å². The SMILES string of the molecule is Cn1c(CN2CCC(c3[nH]ncc3S(C)(=O)=O)C2)nc2ccccc21. The molecular weight excluding hydrogens is 338 g/mol. The molecule has 3 aromatic rings. The van der Waals surface area contributed by atoms with Gasteiger partial charge in [0.1, 0.15) is 10.7 Å². The topological polar surface area (TPSA) is 83.9 Å². The highest BCUT2D eigenvalue weighted by Gasteiger charge is 2.30. The molecule has 1 fully saturated rings. The van der Waals surface area contributed by atoms with Gasteiger partial charge in [-0.1, -0.05) is 12.1 Å². The molecule has 0 radical (unpaired) electrons. The minimum Gasteiger partial charge on any atom is -0.330 e. The molecule has 1 aromatic carbocycles. The molecule has 132 valence electrons. The molecule has 2 aromatic heterocycles. The quantitative estimate of drug-likeness (QED) is 0.766. The third kappa shape index (κ3) is 2.96. The molecule has 0 bridgehead atoms. The third-order valence-corrected chi connectivity index (χ3v) is 6.08. The van der Waals surface area contributed by atoms with Crippen molar-refractivity contribution < 1.29 is 8.42 Å². The van der Waals surface area contributed by atoms with Crippen LogP contribution in [0.3, 0.4) is 0 Å². The number of nitrogens with one attached hydrogen (secondary N) is 1. The molecule has 1 unspecified atom stereocenters. The summed E-state index contributed by atoms with van der Waals surface area (Å²) >= 11 is 0. The van der Waals surface area contributed by atoms with Gasteiger partial charge in [-0.15, -0.1) is 0 Å². The van der Waals surface area contributed by atoms with Gasteiger partial charge in [-0.25, -0.2) is 13.4 Å². The van der Waals surface area contributed by atoms with Crippen LogP contribution in [0.1, 0.15) is 23.9 Å². The van der Waals surface area contributed by atoms with Gasteiger partial charge in [0.2, 0.25) is 0 Å². The van der Waals surface area contributed by atoms with E-state index in [2.05, 4.69) is 25.7 Å². The number of imidazole rings is 1. The maximum atomic E-state index is 11.9. The van der Waals surface area contributed by atoms with Gasteiger partial charge in [0.25, 0.3) is 0 Å². The predicted octanol–water partition coefficient (Wildman–Crippen LogP) is 1.69. The van der Waals surface area contributed by atoms with Crippen molar-refractivity contribution >= 4 is 20.9 Å². The molecule has 7 nitrogen and oxygen atoms in total. The van der Waals surface area contributed by atoms with E-state index in [1.165, 1.54) is 12.5 Å². The van der Waals surface area contributed by atoms with Crippen LogP contribution in [0.5, 0.6) is 0 Å². The molecule has 1 aliphatic rings. The lowest BCUT2D eigenvalue weighted by molar-refractivity contribution is 0.314.